The van der Waals surface area contributed by atoms with Crippen LogP contribution in [0.1, 0.15) is 62.9 Å². The van der Waals surface area contributed by atoms with E-state index in [0.717, 1.165) is 29.7 Å². The monoisotopic (exact) mass is 455 g/mol. The van der Waals surface area contributed by atoms with Crippen molar-refractivity contribution in [3.05, 3.63) is 40.8 Å². The summed E-state index contributed by atoms with van der Waals surface area (Å²) in [5, 5.41) is 5.57. The molecule has 1 aromatic carbocycles. The minimum absolute atomic E-state index is 0.0307. The van der Waals surface area contributed by atoms with Crippen LogP contribution >= 0.6 is 11.3 Å². The average molecular weight is 456 g/mol. The lowest BCUT2D eigenvalue weighted by Crippen LogP contribution is -3.15. The Balaban J connectivity index is 1.53. The number of ether oxygens (including phenoxy) is 1. The van der Waals surface area contributed by atoms with Gasteiger partial charge in [0.15, 0.2) is 6.54 Å². The molecule has 1 aromatic heterocycles. The van der Waals surface area contributed by atoms with Gasteiger partial charge in [0, 0.05) is 29.2 Å². The number of esters is 1. The van der Waals surface area contributed by atoms with Crippen molar-refractivity contribution in [2.24, 2.45) is 10.8 Å². The number of hydrogen-bond donors (Lipinski definition) is 2. The van der Waals surface area contributed by atoms with E-state index in [2.05, 4.69) is 26.1 Å². The number of anilines is 1. The van der Waals surface area contributed by atoms with Crippen molar-refractivity contribution in [3.8, 4) is 11.1 Å². The van der Waals surface area contributed by atoms with Crippen molar-refractivity contribution in [2.75, 3.05) is 25.0 Å². The maximum absolute atomic E-state index is 13.1. The molecule has 32 heavy (non-hydrogen) atoms. The van der Waals surface area contributed by atoms with Crippen LogP contribution in [0.15, 0.2) is 29.6 Å². The lowest BCUT2D eigenvalue weighted by molar-refractivity contribution is -0.906. The Labute approximate surface area is 195 Å². The van der Waals surface area contributed by atoms with Gasteiger partial charge in [-0.1, -0.05) is 50.6 Å². The van der Waals surface area contributed by atoms with Crippen LogP contribution < -0.4 is 10.2 Å². The molecule has 4 rings (SSSR count). The van der Waals surface area contributed by atoms with Gasteiger partial charge in [0.1, 0.15) is 10.6 Å². The number of carbonyl (C=O) groups is 2. The molecule has 2 fully saturated rings. The number of aryl methyl sites for hydroxylation is 1. The predicted molar refractivity (Wildman–Crippen MR) is 129 cm³/mol. The number of likely N-dealkylation sites (tertiary alicyclic amines) is 1. The fourth-order valence-corrected chi connectivity index (χ4v) is 7.11. The van der Waals surface area contributed by atoms with Crippen molar-refractivity contribution >= 4 is 28.2 Å². The Morgan fingerprint density at radius 1 is 1.19 bits per heavy atom. The first-order valence-corrected chi connectivity index (χ1v) is 12.5. The number of hydrogen-bond acceptors (Lipinski definition) is 4. The molecule has 2 aromatic rings. The van der Waals surface area contributed by atoms with Gasteiger partial charge in [0.2, 0.25) is 0 Å². The fraction of sp³-hybridized carbons (Fsp3) is 0.538. The molecule has 0 radical (unpaired) electrons. The highest BCUT2D eigenvalue weighted by molar-refractivity contribution is 7.15. The molecule has 1 saturated carbocycles. The zero-order valence-corrected chi connectivity index (χ0v) is 20.7. The van der Waals surface area contributed by atoms with Gasteiger partial charge in [-0.25, -0.2) is 4.79 Å². The number of benzene rings is 1. The van der Waals surface area contributed by atoms with E-state index in [4.69, 9.17) is 4.74 Å². The SMILES string of the molecule is CCOC(=O)c1c(-c2ccc(C)cc2)csc1NC(=O)C[NH+]1CC2(C)CC1CC(C)(C)C2. The number of thiophene rings is 1. The second kappa shape index (κ2) is 8.64. The van der Waals surface area contributed by atoms with Gasteiger partial charge >= 0.3 is 5.97 Å². The van der Waals surface area contributed by atoms with Crippen LogP contribution in [0.3, 0.4) is 0 Å². The molecule has 2 N–H and O–H groups in total. The minimum Gasteiger partial charge on any atom is -0.462 e. The summed E-state index contributed by atoms with van der Waals surface area (Å²) in [6, 6.07) is 8.59. The number of rotatable bonds is 6. The highest BCUT2D eigenvalue weighted by Crippen LogP contribution is 2.47. The lowest BCUT2D eigenvalue weighted by atomic mass is 9.65. The van der Waals surface area contributed by atoms with Crippen molar-refractivity contribution < 1.29 is 19.2 Å². The first-order chi connectivity index (χ1) is 15.1. The molecule has 2 heterocycles. The molecule has 1 saturated heterocycles. The topological polar surface area (TPSA) is 59.8 Å². The van der Waals surface area contributed by atoms with Gasteiger partial charge in [-0.2, -0.15) is 0 Å². The van der Waals surface area contributed by atoms with Crippen LogP contribution in [0.25, 0.3) is 11.1 Å². The van der Waals surface area contributed by atoms with Gasteiger partial charge in [-0.05, 0) is 31.2 Å². The molecule has 172 valence electrons. The molecule has 6 heteroatoms. The molecule has 5 nitrogen and oxygen atoms in total. The van der Waals surface area contributed by atoms with Gasteiger partial charge in [-0.3, -0.25) is 4.79 Å². The van der Waals surface area contributed by atoms with Crippen LogP contribution in [0.4, 0.5) is 5.00 Å². The molecule has 2 bridgehead atoms. The summed E-state index contributed by atoms with van der Waals surface area (Å²) in [5.41, 5.74) is 4.03. The molecular weight excluding hydrogens is 420 g/mol. The Bertz CT molecular complexity index is 1010. The van der Waals surface area contributed by atoms with E-state index < -0.39 is 5.97 Å². The van der Waals surface area contributed by atoms with Gasteiger partial charge < -0.3 is 15.0 Å². The molecule has 0 spiro atoms. The lowest BCUT2D eigenvalue weighted by Gasteiger charge is -2.37. The first-order valence-electron chi connectivity index (χ1n) is 11.6. The predicted octanol–water partition coefficient (Wildman–Crippen LogP) is 4.32. The van der Waals surface area contributed by atoms with E-state index in [1.807, 2.05) is 36.6 Å². The standard InChI is InChI=1S/C26H34N2O3S/c1-6-31-24(30)22-20(18-9-7-17(2)8-10-18)14-32-23(22)27-21(29)13-28-16-26(5)12-19(28)11-25(3,4)15-26/h7-10,14,19H,6,11-13,15-16H2,1-5H3,(H,27,29)/p+1. The summed E-state index contributed by atoms with van der Waals surface area (Å²) in [7, 11) is 0. The number of nitrogens with one attached hydrogen (secondary N) is 2. The molecule has 1 aliphatic heterocycles. The normalized spacial score (nSPS) is 26.0. The quantitative estimate of drug-likeness (QED) is 0.638. The van der Waals surface area contributed by atoms with Crippen molar-refractivity contribution in [1.82, 2.24) is 0 Å². The summed E-state index contributed by atoms with van der Waals surface area (Å²) in [6.07, 6.45) is 3.58. The largest absolute Gasteiger partial charge is 0.462 e. The van der Waals surface area contributed by atoms with Crippen LogP contribution in [0, 0.1) is 17.8 Å². The Hall–Kier alpha value is -2.18. The minimum atomic E-state index is -0.390. The van der Waals surface area contributed by atoms with Crippen molar-refractivity contribution in [2.45, 2.75) is 59.9 Å². The maximum atomic E-state index is 13.1. The molecular formula is C26H35N2O3S+. The van der Waals surface area contributed by atoms with Crippen molar-refractivity contribution in [3.63, 3.8) is 0 Å². The second-order valence-corrected chi connectivity index (χ2v) is 11.6. The third kappa shape index (κ3) is 4.76. The number of amides is 1. The summed E-state index contributed by atoms with van der Waals surface area (Å²) < 4.78 is 5.33. The summed E-state index contributed by atoms with van der Waals surface area (Å²) in [4.78, 5) is 27.3. The van der Waals surface area contributed by atoms with Crippen LogP contribution in [-0.4, -0.2) is 37.6 Å². The number of quaternary nitrogens is 1. The highest BCUT2D eigenvalue weighted by atomic mass is 32.1. The molecule has 1 aliphatic carbocycles. The molecule has 3 unspecified atom stereocenters. The number of carbonyl (C=O) groups excluding carboxylic acids is 2. The average Bonchev–Trinajstić information content (AvgIpc) is 3.19. The van der Waals surface area contributed by atoms with E-state index in [9.17, 15) is 9.59 Å². The molecule has 2 aliphatic rings. The fourth-order valence-electron chi connectivity index (χ4n) is 6.13. The van der Waals surface area contributed by atoms with Crippen LogP contribution in [0.2, 0.25) is 0 Å². The van der Waals surface area contributed by atoms with Gasteiger partial charge in [-0.15, -0.1) is 11.3 Å². The van der Waals surface area contributed by atoms with E-state index in [1.165, 1.54) is 29.1 Å². The third-order valence-corrected chi connectivity index (χ3v) is 7.84. The molecule has 3 atom stereocenters. The van der Waals surface area contributed by atoms with Crippen molar-refractivity contribution in [1.29, 1.82) is 0 Å². The second-order valence-electron chi connectivity index (χ2n) is 10.8. The van der Waals surface area contributed by atoms with Crippen LogP contribution in [-0.2, 0) is 9.53 Å². The zero-order valence-electron chi connectivity index (χ0n) is 19.8. The first kappa shape index (κ1) is 23.0. The third-order valence-electron chi connectivity index (χ3n) is 6.95. The highest BCUT2D eigenvalue weighted by Gasteiger charge is 2.53. The molecule has 1 amide bonds. The summed E-state index contributed by atoms with van der Waals surface area (Å²) in [5.74, 6) is -0.421. The number of fused-ring (bicyclic) bond motifs is 2. The van der Waals surface area contributed by atoms with Crippen LogP contribution in [0.5, 0.6) is 0 Å². The Morgan fingerprint density at radius 2 is 1.91 bits per heavy atom. The van der Waals surface area contributed by atoms with E-state index in [-0.39, 0.29) is 5.91 Å². The Kier molecular flexibility index (Phi) is 6.21. The van der Waals surface area contributed by atoms with E-state index >= 15 is 0 Å². The zero-order chi connectivity index (χ0) is 23.1. The smallest absolute Gasteiger partial charge is 0.341 e. The Morgan fingerprint density at radius 3 is 2.59 bits per heavy atom. The van der Waals surface area contributed by atoms with E-state index in [1.54, 1.807) is 6.92 Å². The van der Waals surface area contributed by atoms with Gasteiger partial charge in [0.05, 0.1) is 19.2 Å². The summed E-state index contributed by atoms with van der Waals surface area (Å²) >= 11 is 1.39. The summed E-state index contributed by atoms with van der Waals surface area (Å²) in [6.45, 7) is 12.7. The van der Waals surface area contributed by atoms with Gasteiger partial charge in [0.25, 0.3) is 5.91 Å². The maximum Gasteiger partial charge on any atom is 0.341 e. The van der Waals surface area contributed by atoms with E-state index in [0.29, 0.717) is 40.6 Å².